The van der Waals surface area contributed by atoms with Gasteiger partial charge in [0.05, 0.1) is 12.5 Å². The zero-order valence-electron chi connectivity index (χ0n) is 14.8. The molecule has 0 aliphatic carbocycles. The number of nitrogens with zero attached hydrogens (tertiary/aromatic N) is 1. The van der Waals surface area contributed by atoms with Crippen molar-refractivity contribution in [2.45, 2.75) is 38.1 Å². The lowest BCUT2D eigenvalue weighted by atomic mass is 9.97. The summed E-state index contributed by atoms with van der Waals surface area (Å²) < 4.78 is 0. The predicted molar refractivity (Wildman–Crippen MR) is 104 cm³/mol. The maximum absolute atomic E-state index is 12.7. The monoisotopic (exact) mass is 397 g/mol. The minimum atomic E-state index is -0.0568. The molecule has 1 aromatic carbocycles. The molecule has 2 aliphatic heterocycles. The van der Waals surface area contributed by atoms with E-state index >= 15 is 0 Å². The molecule has 7 heteroatoms. The average molecular weight is 398 g/mol. The fraction of sp³-hybridized carbons (Fsp3) is 0.579. The fourth-order valence-corrected chi connectivity index (χ4v) is 4.23. The second-order valence-corrected chi connectivity index (χ2v) is 7.93. The molecular weight excluding hydrogens is 373 g/mol. The molecule has 2 N–H and O–H groups in total. The predicted octanol–water partition coefficient (Wildman–Crippen LogP) is 2.64. The van der Waals surface area contributed by atoms with Crippen LogP contribution < -0.4 is 10.6 Å². The summed E-state index contributed by atoms with van der Waals surface area (Å²) in [6.45, 7) is 2.94. The lowest BCUT2D eigenvalue weighted by molar-refractivity contribution is -0.132. The highest BCUT2D eigenvalue weighted by molar-refractivity contribution is 6.36. The molecule has 2 unspecified atom stereocenters. The Morgan fingerprint density at radius 1 is 1.19 bits per heavy atom. The highest BCUT2D eigenvalue weighted by atomic mass is 35.5. The maximum atomic E-state index is 12.7. The molecule has 2 saturated heterocycles. The third kappa shape index (κ3) is 4.90. The Bertz CT molecular complexity index is 642. The van der Waals surface area contributed by atoms with Crippen LogP contribution in [-0.2, 0) is 16.0 Å². The van der Waals surface area contributed by atoms with Gasteiger partial charge in [-0.3, -0.25) is 9.59 Å². The minimum Gasteiger partial charge on any atom is -0.354 e. The van der Waals surface area contributed by atoms with E-state index in [-0.39, 0.29) is 24.3 Å². The summed E-state index contributed by atoms with van der Waals surface area (Å²) in [6, 6.07) is 5.22. The Morgan fingerprint density at radius 2 is 1.96 bits per heavy atom. The first-order valence-corrected chi connectivity index (χ1v) is 10.0. The quantitative estimate of drug-likeness (QED) is 0.802. The largest absolute Gasteiger partial charge is 0.354 e. The van der Waals surface area contributed by atoms with E-state index in [2.05, 4.69) is 10.6 Å². The van der Waals surface area contributed by atoms with Gasteiger partial charge in [-0.15, -0.1) is 0 Å². The van der Waals surface area contributed by atoms with E-state index in [1.54, 1.807) is 18.2 Å². The Labute approximate surface area is 164 Å². The molecule has 2 heterocycles. The second-order valence-electron chi connectivity index (χ2n) is 7.12. The maximum Gasteiger partial charge on any atom is 0.237 e. The third-order valence-corrected chi connectivity index (χ3v) is 5.91. The third-order valence-electron chi connectivity index (χ3n) is 5.20. The van der Waals surface area contributed by atoms with Crippen LogP contribution in [0.15, 0.2) is 18.2 Å². The number of carbonyl (C=O) groups excluding carboxylic acids is 2. The molecule has 5 nitrogen and oxygen atoms in total. The summed E-state index contributed by atoms with van der Waals surface area (Å²) in [5.41, 5.74) is 0.684. The number of carbonyl (C=O) groups is 2. The van der Waals surface area contributed by atoms with Crippen LogP contribution in [0.2, 0.25) is 10.0 Å². The number of rotatable bonds is 5. The summed E-state index contributed by atoms with van der Waals surface area (Å²) in [4.78, 5) is 26.7. The van der Waals surface area contributed by atoms with Crippen LogP contribution in [0.25, 0.3) is 0 Å². The highest BCUT2D eigenvalue weighted by Crippen LogP contribution is 2.26. The molecule has 2 amide bonds. The van der Waals surface area contributed by atoms with Crippen molar-refractivity contribution in [2.75, 3.05) is 26.2 Å². The van der Waals surface area contributed by atoms with Crippen LogP contribution in [0, 0.1) is 5.92 Å². The van der Waals surface area contributed by atoms with Crippen LogP contribution in [0.3, 0.4) is 0 Å². The standard InChI is InChI=1S/C19H25Cl2N3O2/c20-15-5-1-6-16(21)14(15)10-18(25)24-9-3-4-13(12-24)11-23-19(26)17-7-2-8-22-17/h1,5-6,13,17,22H,2-4,7-12H2,(H,23,26). The van der Waals surface area contributed by atoms with Gasteiger partial charge >= 0.3 is 0 Å². The first-order valence-electron chi connectivity index (χ1n) is 9.26. The van der Waals surface area contributed by atoms with Crippen LogP contribution in [0.1, 0.15) is 31.2 Å². The van der Waals surface area contributed by atoms with Crippen molar-refractivity contribution in [1.82, 2.24) is 15.5 Å². The summed E-state index contributed by atoms with van der Waals surface area (Å²) in [5.74, 6) is 0.405. The molecule has 2 atom stereocenters. The zero-order chi connectivity index (χ0) is 18.5. The summed E-state index contributed by atoms with van der Waals surface area (Å²) in [6.07, 6.45) is 4.14. The molecule has 0 bridgehead atoms. The van der Waals surface area contributed by atoms with Gasteiger partial charge in [-0.2, -0.15) is 0 Å². The van der Waals surface area contributed by atoms with Crippen molar-refractivity contribution in [1.29, 1.82) is 0 Å². The van der Waals surface area contributed by atoms with Gasteiger partial charge in [-0.25, -0.2) is 0 Å². The van der Waals surface area contributed by atoms with Crippen molar-refractivity contribution in [3.05, 3.63) is 33.8 Å². The van der Waals surface area contributed by atoms with Crippen LogP contribution in [0.5, 0.6) is 0 Å². The number of piperidine rings is 1. The lowest BCUT2D eigenvalue weighted by Crippen LogP contribution is -2.47. The number of hydrogen-bond acceptors (Lipinski definition) is 3. The molecule has 3 rings (SSSR count). The topological polar surface area (TPSA) is 61.4 Å². The highest BCUT2D eigenvalue weighted by Gasteiger charge is 2.27. The molecule has 0 aromatic heterocycles. The Morgan fingerprint density at radius 3 is 2.65 bits per heavy atom. The van der Waals surface area contributed by atoms with Crippen molar-refractivity contribution in [3.63, 3.8) is 0 Å². The van der Waals surface area contributed by atoms with E-state index in [0.29, 0.717) is 34.6 Å². The van der Waals surface area contributed by atoms with Gasteiger partial charge in [0.15, 0.2) is 0 Å². The van der Waals surface area contributed by atoms with Gasteiger partial charge in [0, 0.05) is 29.7 Å². The summed E-state index contributed by atoms with van der Waals surface area (Å²) >= 11 is 12.4. The Hall–Kier alpha value is -1.30. The molecule has 0 saturated carbocycles. The lowest BCUT2D eigenvalue weighted by Gasteiger charge is -2.33. The first-order chi connectivity index (χ1) is 12.5. The molecule has 0 spiro atoms. The SMILES string of the molecule is O=C(NCC1CCCN(C(=O)Cc2c(Cl)cccc2Cl)C1)C1CCCN1. The van der Waals surface area contributed by atoms with Crippen molar-refractivity contribution >= 4 is 35.0 Å². The molecule has 26 heavy (non-hydrogen) atoms. The number of halogens is 2. The van der Waals surface area contributed by atoms with Crippen molar-refractivity contribution in [2.24, 2.45) is 5.92 Å². The first kappa shape index (κ1) is 19.5. The number of nitrogens with one attached hydrogen (secondary N) is 2. The molecule has 0 radical (unpaired) electrons. The van der Waals surface area contributed by atoms with E-state index in [1.165, 1.54) is 0 Å². The molecule has 142 valence electrons. The van der Waals surface area contributed by atoms with Gasteiger partial charge in [0.2, 0.25) is 11.8 Å². The minimum absolute atomic E-state index is 0.0356. The number of benzene rings is 1. The van der Waals surface area contributed by atoms with Crippen molar-refractivity contribution < 1.29 is 9.59 Å². The van der Waals surface area contributed by atoms with E-state index in [9.17, 15) is 9.59 Å². The zero-order valence-corrected chi connectivity index (χ0v) is 16.3. The van der Waals surface area contributed by atoms with Gasteiger partial charge in [0.25, 0.3) is 0 Å². The van der Waals surface area contributed by atoms with Gasteiger partial charge in [-0.1, -0.05) is 29.3 Å². The van der Waals surface area contributed by atoms with E-state index < -0.39 is 0 Å². The van der Waals surface area contributed by atoms with Crippen LogP contribution >= 0.6 is 23.2 Å². The summed E-state index contributed by atoms with van der Waals surface area (Å²) in [5, 5.41) is 7.30. The smallest absolute Gasteiger partial charge is 0.237 e. The molecular formula is C19H25Cl2N3O2. The Balaban J connectivity index is 1.51. The van der Waals surface area contributed by atoms with E-state index in [1.807, 2.05) is 4.90 Å². The normalized spacial score (nSPS) is 23.1. The van der Waals surface area contributed by atoms with Crippen molar-refractivity contribution in [3.8, 4) is 0 Å². The molecule has 2 fully saturated rings. The molecule has 2 aliphatic rings. The number of hydrogen-bond donors (Lipinski definition) is 2. The van der Waals surface area contributed by atoms with Gasteiger partial charge in [0.1, 0.15) is 0 Å². The molecule has 1 aromatic rings. The average Bonchev–Trinajstić information content (AvgIpc) is 3.18. The van der Waals surface area contributed by atoms with Gasteiger partial charge in [-0.05, 0) is 55.8 Å². The van der Waals surface area contributed by atoms with Crippen LogP contribution in [0.4, 0.5) is 0 Å². The second kappa shape index (κ2) is 9.07. The van der Waals surface area contributed by atoms with Crippen LogP contribution in [-0.4, -0.2) is 48.9 Å². The van der Waals surface area contributed by atoms with E-state index in [4.69, 9.17) is 23.2 Å². The van der Waals surface area contributed by atoms with Gasteiger partial charge < -0.3 is 15.5 Å². The van der Waals surface area contributed by atoms with E-state index in [0.717, 1.165) is 38.8 Å². The number of likely N-dealkylation sites (tertiary alicyclic amines) is 1. The fourth-order valence-electron chi connectivity index (χ4n) is 3.70. The Kier molecular flexibility index (Phi) is 6.79. The summed E-state index contributed by atoms with van der Waals surface area (Å²) in [7, 11) is 0. The number of amides is 2.